The monoisotopic (exact) mass is 342 g/mol. The highest BCUT2D eigenvalue weighted by Crippen LogP contribution is 2.32. The summed E-state index contributed by atoms with van der Waals surface area (Å²) in [5.41, 5.74) is 2.02. The molecule has 0 radical (unpaired) electrons. The Labute approximate surface area is 147 Å². The highest BCUT2D eigenvalue weighted by atomic mass is 16.7. The third kappa shape index (κ3) is 4.56. The van der Waals surface area contributed by atoms with Crippen LogP contribution in [0.4, 0.5) is 4.79 Å². The molecule has 0 aromatic heterocycles. The zero-order valence-electron chi connectivity index (χ0n) is 14.4. The fraction of sp³-hybridized carbons (Fsp3) is 0.316. The summed E-state index contributed by atoms with van der Waals surface area (Å²) in [7, 11) is 0. The van der Waals surface area contributed by atoms with Crippen LogP contribution >= 0.6 is 0 Å². The molecule has 2 aromatic carbocycles. The van der Waals surface area contributed by atoms with E-state index in [1.807, 2.05) is 56.3 Å². The van der Waals surface area contributed by atoms with Gasteiger partial charge < -0.3 is 24.8 Å². The van der Waals surface area contributed by atoms with Gasteiger partial charge in [0.15, 0.2) is 11.5 Å². The smallest absolute Gasteiger partial charge is 0.315 e. The largest absolute Gasteiger partial charge is 0.491 e. The van der Waals surface area contributed by atoms with Crippen molar-refractivity contribution in [3.8, 4) is 17.2 Å². The van der Waals surface area contributed by atoms with E-state index < -0.39 is 0 Å². The van der Waals surface area contributed by atoms with Crippen LogP contribution in [-0.2, 0) is 6.54 Å². The minimum Gasteiger partial charge on any atom is -0.491 e. The van der Waals surface area contributed by atoms with Crippen molar-refractivity contribution in [2.75, 3.05) is 13.4 Å². The van der Waals surface area contributed by atoms with Gasteiger partial charge in [-0.2, -0.15) is 0 Å². The van der Waals surface area contributed by atoms with Crippen LogP contribution in [-0.4, -0.2) is 25.5 Å². The molecule has 1 aliphatic heterocycles. The molecular formula is C19H22N2O4. The van der Waals surface area contributed by atoms with Gasteiger partial charge in [0.25, 0.3) is 0 Å². The van der Waals surface area contributed by atoms with E-state index in [0.717, 1.165) is 22.6 Å². The first-order valence-electron chi connectivity index (χ1n) is 8.23. The summed E-state index contributed by atoms with van der Waals surface area (Å²) in [5.74, 6) is 2.27. The van der Waals surface area contributed by atoms with Crippen molar-refractivity contribution in [3.05, 3.63) is 53.6 Å². The Morgan fingerprint density at radius 1 is 1.20 bits per heavy atom. The lowest BCUT2D eigenvalue weighted by Gasteiger charge is -2.16. The maximum absolute atomic E-state index is 12.0. The van der Waals surface area contributed by atoms with E-state index >= 15 is 0 Å². The van der Waals surface area contributed by atoms with E-state index in [1.54, 1.807) is 0 Å². The predicted molar refractivity (Wildman–Crippen MR) is 94.1 cm³/mol. The molecule has 2 aromatic rings. The molecule has 6 heteroatoms. The number of hydrogen-bond acceptors (Lipinski definition) is 4. The van der Waals surface area contributed by atoms with Gasteiger partial charge in [-0.1, -0.05) is 24.3 Å². The minimum atomic E-state index is -0.237. The van der Waals surface area contributed by atoms with Crippen LogP contribution in [0.15, 0.2) is 42.5 Å². The van der Waals surface area contributed by atoms with Crippen LogP contribution in [0.1, 0.15) is 18.1 Å². The first-order chi connectivity index (χ1) is 12.1. The number of benzene rings is 2. The minimum absolute atomic E-state index is 0.114. The summed E-state index contributed by atoms with van der Waals surface area (Å²) in [6, 6.07) is 13.1. The number of fused-ring (bicyclic) bond motifs is 1. The molecular weight excluding hydrogens is 320 g/mol. The van der Waals surface area contributed by atoms with Crippen molar-refractivity contribution in [2.45, 2.75) is 26.4 Å². The molecule has 2 N–H and O–H groups in total. The molecule has 0 fully saturated rings. The topological polar surface area (TPSA) is 68.8 Å². The summed E-state index contributed by atoms with van der Waals surface area (Å²) in [4.78, 5) is 12.0. The van der Waals surface area contributed by atoms with E-state index in [4.69, 9.17) is 14.2 Å². The number of ether oxygens (including phenoxy) is 3. The number of aryl methyl sites for hydroxylation is 1. The second-order valence-electron chi connectivity index (χ2n) is 5.99. The van der Waals surface area contributed by atoms with Crippen molar-refractivity contribution in [1.29, 1.82) is 0 Å². The van der Waals surface area contributed by atoms with E-state index in [-0.39, 0.29) is 18.9 Å². The normalized spacial score (nSPS) is 13.2. The number of nitrogens with one attached hydrogen (secondary N) is 2. The number of urea groups is 1. The second-order valence-corrected chi connectivity index (χ2v) is 5.99. The fourth-order valence-corrected chi connectivity index (χ4v) is 2.48. The SMILES string of the molecule is Cc1ccccc1OC[C@H](C)NC(=O)NCc1ccc2c(c1)OCO2. The molecule has 1 heterocycles. The Bertz CT molecular complexity index is 748. The molecule has 3 rings (SSSR count). The van der Waals surface area contributed by atoms with Crippen molar-refractivity contribution in [1.82, 2.24) is 10.6 Å². The number of amides is 2. The quantitative estimate of drug-likeness (QED) is 0.847. The second kappa shape index (κ2) is 7.79. The van der Waals surface area contributed by atoms with E-state index in [2.05, 4.69) is 10.6 Å². The lowest BCUT2D eigenvalue weighted by molar-refractivity contribution is 0.174. The third-order valence-corrected chi connectivity index (χ3v) is 3.85. The molecule has 0 saturated carbocycles. The molecule has 0 bridgehead atoms. The Morgan fingerprint density at radius 3 is 2.84 bits per heavy atom. The highest BCUT2D eigenvalue weighted by Gasteiger charge is 2.14. The van der Waals surface area contributed by atoms with Gasteiger partial charge in [-0.25, -0.2) is 4.79 Å². The molecule has 1 aliphatic rings. The van der Waals surface area contributed by atoms with Gasteiger partial charge in [-0.15, -0.1) is 0 Å². The maximum Gasteiger partial charge on any atom is 0.315 e. The number of carbonyl (C=O) groups excluding carboxylic acids is 1. The third-order valence-electron chi connectivity index (χ3n) is 3.85. The van der Waals surface area contributed by atoms with E-state index in [0.29, 0.717) is 18.9 Å². The molecule has 25 heavy (non-hydrogen) atoms. The molecule has 2 amide bonds. The van der Waals surface area contributed by atoms with E-state index in [9.17, 15) is 4.79 Å². The Morgan fingerprint density at radius 2 is 2.00 bits per heavy atom. The molecule has 0 saturated heterocycles. The standard InChI is InChI=1S/C19H22N2O4/c1-13-5-3-4-6-16(13)23-11-14(2)21-19(22)20-10-15-7-8-17-18(9-15)25-12-24-17/h3-9,14H,10-12H2,1-2H3,(H2,20,21,22)/t14-/m0/s1. The molecule has 0 unspecified atom stereocenters. The van der Waals surface area contributed by atoms with Gasteiger partial charge in [-0.3, -0.25) is 0 Å². The number of hydrogen-bond donors (Lipinski definition) is 2. The van der Waals surface area contributed by atoms with Gasteiger partial charge in [0.2, 0.25) is 6.79 Å². The van der Waals surface area contributed by atoms with Crippen molar-refractivity contribution in [2.24, 2.45) is 0 Å². The lowest BCUT2D eigenvalue weighted by Crippen LogP contribution is -2.43. The summed E-state index contributed by atoms with van der Waals surface area (Å²) in [6.45, 7) is 4.95. The zero-order valence-corrected chi connectivity index (χ0v) is 14.4. The number of rotatable bonds is 6. The van der Waals surface area contributed by atoms with Crippen LogP contribution in [0.5, 0.6) is 17.2 Å². The van der Waals surface area contributed by atoms with Crippen molar-refractivity contribution >= 4 is 6.03 Å². The summed E-state index contributed by atoms with van der Waals surface area (Å²) in [5, 5.41) is 5.69. The molecule has 0 aliphatic carbocycles. The summed E-state index contributed by atoms with van der Waals surface area (Å²) < 4.78 is 16.3. The van der Waals surface area contributed by atoms with Crippen molar-refractivity contribution in [3.63, 3.8) is 0 Å². The van der Waals surface area contributed by atoms with Gasteiger partial charge >= 0.3 is 6.03 Å². The van der Waals surface area contributed by atoms with Gasteiger partial charge in [0, 0.05) is 6.54 Å². The number of carbonyl (C=O) groups is 1. The van der Waals surface area contributed by atoms with Gasteiger partial charge in [0.05, 0.1) is 6.04 Å². The highest BCUT2D eigenvalue weighted by molar-refractivity contribution is 5.74. The number of para-hydroxylation sites is 1. The Kier molecular flexibility index (Phi) is 5.28. The lowest BCUT2D eigenvalue weighted by atomic mass is 10.2. The van der Waals surface area contributed by atoms with Crippen LogP contribution in [0.25, 0.3) is 0 Å². The van der Waals surface area contributed by atoms with Crippen LogP contribution in [0, 0.1) is 6.92 Å². The molecule has 132 valence electrons. The zero-order chi connectivity index (χ0) is 17.6. The van der Waals surface area contributed by atoms with Crippen molar-refractivity contribution < 1.29 is 19.0 Å². The average Bonchev–Trinajstić information content (AvgIpc) is 3.07. The van der Waals surface area contributed by atoms with Crippen LogP contribution < -0.4 is 24.8 Å². The van der Waals surface area contributed by atoms with Gasteiger partial charge in [-0.05, 0) is 43.2 Å². The summed E-state index contributed by atoms with van der Waals surface area (Å²) >= 11 is 0. The molecule has 0 spiro atoms. The average molecular weight is 342 g/mol. The first-order valence-corrected chi connectivity index (χ1v) is 8.23. The summed E-state index contributed by atoms with van der Waals surface area (Å²) in [6.07, 6.45) is 0. The molecule has 6 nitrogen and oxygen atoms in total. The first kappa shape index (κ1) is 17.0. The van der Waals surface area contributed by atoms with E-state index in [1.165, 1.54) is 0 Å². The Hall–Kier alpha value is -2.89. The maximum atomic E-state index is 12.0. The predicted octanol–water partition coefficient (Wildman–Crippen LogP) is 2.99. The van der Waals surface area contributed by atoms with Crippen LogP contribution in [0.2, 0.25) is 0 Å². The Balaban J connectivity index is 1.42. The molecule has 1 atom stereocenters. The van der Waals surface area contributed by atoms with Gasteiger partial charge in [0.1, 0.15) is 12.4 Å². The van der Waals surface area contributed by atoms with Crippen LogP contribution in [0.3, 0.4) is 0 Å². The fourth-order valence-electron chi connectivity index (χ4n) is 2.48.